The molecule has 0 saturated heterocycles. The molecule has 14 heavy (non-hydrogen) atoms. The first-order chi connectivity index (χ1) is 6.63. The molecule has 0 aromatic rings. The Hall–Kier alpha value is -0.570. The van der Waals surface area contributed by atoms with Gasteiger partial charge in [-0.05, 0) is 49.4 Å². The first kappa shape index (κ1) is 8.72. The fraction of sp³-hybridized carbons (Fsp3) is 0.909. The van der Waals surface area contributed by atoms with Crippen LogP contribution in [0.5, 0.6) is 0 Å². The maximum Gasteiger partial charge on any atom is 0.323 e. The quantitative estimate of drug-likeness (QED) is 0.661. The van der Waals surface area contributed by atoms with E-state index in [0.29, 0.717) is 11.8 Å². The second kappa shape index (κ2) is 2.51. The Kier molecular flexibility index (Phi) is 1.56. The topological polar surface area (TPSA) is 63.3 Å². The monoisotopic (exact) mass is 195 g/mol. The maximum absolute atomic E-state index is 11.2. The molecule has 3 rings (SSSR count). The molecule has 3 N–H and O–H groups in total. The zero-order valence-electron chi connectivity index (χ0n) is 8.28. The Morgan fingerprint density at radius 3 is 2.79 bits per heavy atom. The zero-order valence-corrected chi connectivity index (χ0v) is 8.28. The van der Waals surface area contributed by atoms with E-state index in [1.807, 2.05) is 0 Å². The van der Waals surface area contributed by atoms with Crippen LogP contribution in [0.4, 0.5) is 0 Å². The first-order valence-corrected chi connectivity index (χ1v) is 5.65. The van der Waals surface area contributed by atoms with Gasteiger partial charge in [-0.3, -0.25) is 4.79 Å². The summed E-state index contributed by atoms with van der Waals surface area (Å²) in [4.78, 5) is 11.2. The molecule has 2 bridgehead atoms. The van der Waals surface area contributed by atoms with Crippen LogP contribution >= 0.6 is 0 Å². The molecule has 5 atom stereocenters. The van der Waals surface area contributed by atoms with Crippen LogP contribution in [0.3, 0.4) is 0 Å². The highest BCUT2D eigenvalue weighted by Gasteiger charge is 2.62. The van der Waals surface area contributed by atoms with Gasteiger partial charge in [0.25, 0.3) is 0 Å². The second-order valence-electron chi connectivity index (χ2n) is 5.41. The standard InChI is InChI=1S/C11H17NO2/c12-11(10(13)14)5-6-4-9(11)8-3-1-2-7(6)8/h6-9H,1-5,12H2,(H,13,14)/t6-,7-,8+,9+,11-/m1/s1. The van der Waals surface area contributed by atoms with E-state index in [1.54, 1.807) is 0 Å². The van der Waals surface area contributed by atoms with E-state index in [4.69, 9.17) is 5.73 Å². The third kappa shape index (κ3) is 0.842. The van der Waals surface area contributed by atoms with Crippen molar-refractivity contribution in [1.82, 2.24) is 0 Å². The molecule has 3 aliphatic carbocycles. The van der Waals surface area contributed by atoms with Crippen LogP contribution in [0.2, 0.25) is 0 Å². The Balaban J connectivity index is 1.93. The van der Waals surface area contributed by atoms with Crippen molar-refractivity contribution in [1.29, 1.82) is 0 Å². The average Bonchev–Trinajstić information content (AvgIpc) is 2.71. The lowest BCUT2D eigenvalue weighted by atomic mass is 9.71. The van der Waals surface area contributed by atoms with Crippen molar-refractivity contribution < 1.29 is 9.90 Å². The van der Waals surface area contributed by atoms with Crippen molar-refractivity contribution in [3.63, 3.8) is 0 Å². The lowest BCUT2D eigenvalue weighted by Gasteiger charge is -2.36. The largest absolute Gasteiger partial charge is 0.480 e. The van der Waals surface area contributed by atoms with Crippen LogP contribution in [0.15, 0.2) is 0 Å². The molecule has 3 aliphatic rings. The molecule has 3 saturated carbocycles. The molecule has 0 heterocycles. The van der Waals surface area contributed by atoms with E-state index in [9.17, 15) is 9.90 Å². The molecule has 0 aromatic heterocycles. The number of hydrogen-bond acceptors (Lipinski definition) is 2. The summed E-state index contributed by atoms with van der Waals surface area (Å²) in [7, 11) is 0. The molecule has 3 fully saturated rings. The van der Waals surface area contributed by atoms with Crippen LogP contribution in [-0.2, 0) is 4.79 Å². The van der Waals surface area contributed by atoms with Gasteiger partial charge in [-0.2, -0.15) is 0 Å². The van der Waals surface area contributed by atoms with Gasteiger partial charge in [0.1, 0.15) is 5.54 Å². The molecule has 0 amide bonds. The number of fused-ring (bicyclic) bond motifs is 5. The number of aliphatic carboxylic acids is 1. The van der Waals surface area contributed by atoms with E-state index in [1.165, 1.54) is 19.3 Å². The summed E-state index contributed by atoms with van der Waals surface area (Å²) in [5.41, 5.74) is 5.16. The van der Waals surface area contributed by atoms with E-state index in [-0.39, 0.29) is 5.92 Å². The molecule has 78 valence electrons. The van der Waals surface area contributed by atoms with Crippen molar-refractivity contribution in [2.45, 2.75) is 37.6 Å². The van der Waals surface area contributed by atoms with E-state index in [0.717, 1.165) is 18.8 Å². The Labute approximate surface area is 83.7 Å². The number of carboxylic acids is 1. The van der Waals surface area contributed by atoms with E-state index < -0.39 is 11.5 Å². The van der Waals surface area contributed by atoms with Crippen LogP contribution in [0.25, 0.3) is 0 Å². The average molecular weight is 195 g/mol. The fourth-order valence-electron chi connectivity index (χ4n) is 4.44. The highest BCUT2D eigenvalue weighted by atomic mass is 16.4. The molecule has 0 radical (unpaired) electrons. The van der Waals surface area contributed by atoms with Crippen molar-refractivity contribution in [2.75, 3.05) is 0 Å². The first-order valence-electron chi connectivity index (χ1n) is 5.65. The molecule has 0 aliphatic heterocycles. The minimum absolute atomic E-state index is 0.275. The molecular formula is C11H17NO2. The zero-order chi connectivity index (χ0) is 9.92. The van der Waals surface area contributed by atoms with Gasteiger partial charge < -0.3 is 10.8 Å². The predicted molar refractivity (Wildman–Crippen MR) is 51.6 cm³/mol. The lowest BCUT2D eigenvalue weighted by molar-refractivity contribution is -0.146. The van der Waals surface area contributed by atoms with Gasteiger partial charge in [-0.25, -0.2) is 0 Å². The molecule has 3 nitrogen and oxygen atoms in total. The van der Waals surface area contributed by atoms with Gasteiger partial charge in [-0.1, -0.05) is 6.42 Å². The van der Waals surface area contributed by atoms with Crippen LogP contribution in [0, 0.1) is 23.7 Å². The Morgan fingerprint density at radius 1 is 1.36 bits per heavy atom. The smallest absolute Gasteiger partial charge is 0.323 e. The highest BCUT2D eigenvalue weighted by molar-refractivity contribution is 5.80. The number of carboxylic acid groups (broad SMARTS) is 1. The summed E-state index contributed by atoms with van der Waals surface area (Å²) in [5, 5.41) is 9.19. The van der Waals surface area contributed by atoms with Crippen LogP contribution in [-0.4, -0.2) is 16.6 Å². The molecular weight excluding hydrogens is 178 g/mol. The summed E-state index contributed by atoms with van der Waals surface area (Å²) in [6.45, 7) is 0. The lowest BCUT2D eigenvalue weighted by Crippen LogP contribution is -2.55. The van der Waals surface area contributed by atoms with Gasteiger partial charge in [0.2, 0.25) is 0 Å². The molecule has 3 heteroatoms. The van der Waals surface area contributed by atoms with Gasteiger partial charge in [0.15, 0.2) is 0 Å². The van der Waals surface area contributed by atoms with Crippen molar-refractivity contribution in [2.24, 2.45) is 29.4 Å². The maximum atomic E-state index is 11.2. The molecule has 0 spiro atoms. The number of rotatable bonds is 1. The van der Waals surface area contributed by atoms with Gasteiger partial charge in [0, 0.05) is 0 Å². The summed E-state index contributed by atoms with van der Waals surface area (Å²) in [6.07, 6.45) is 5.64. The summed E-state index contributed by atoms with van der Waals surface area (Å²) in [6, 6.07) is 0. The third-order valence-corrected chi connectivity index (χ3v) is 4.96. The number of nitrogens with two attached hydrogens (primary N) is 1. The summed E-state index contributed by atoms with van der Waals surface area (Å²) < 4.78 is 0. The van der Waals surface area contributed by atoms with Crippen molar-refractivity contribution in [3.05, 3.63) is 0 Å². The normalized spacial score (nSPS) is 54.9. The Bertz CT molecular complexity index is 291. The number of hydrogen-bond donors (Lipinski definition) is 2. The predicted octanol–water partition coefficient (Wildman–Crippen LogP) is 1.22. The van der Waals surface area contributed by atoms with Crippen molar-refractivity contribution in [3.8, 4) is 0 Å². The number of carbonyl (C=O) groups is 1. The van der Waals surface area contributed by atoms with Crippen LogP contribution < -0.4 is 5.73 Å². The van der Waals surface area contributed by atoms with Gasteiger partial charge in [-0.15, -0.1) is 0 Å². The Morgan fingerprint density at radius 2 is 2.07 bits per heavy atom. The summed E-state index contributed by atoms with van der Waals surface area (Å²) >= 11 is 0. The summed E-state index contributed by atoms with van der Waals surface area (Å²) in [5.74, 6) is 1.58. The second-order valence-corrected chi connectivity index (χ2v) is 5.41. The fourth-order valence-corrected chi connectivity index (χ4v) is 4.44. The van der Waals surface area contributed by atoms with Crippen LogP contribution in [0.1, 0.15) is 32.1 Å². The molecule has 0 unspecified atom stereocenters. The minimum atomic E-state index is -0.879. The SMILES string of the molecule is N[C@]1(C(=O)O)C[C@H]2C[C@H]1[C@H]1CCC[C@H]21. The van der Waals surface area contributed by atoms with E-state index in [2.05, 4.69) is 0 Å². The van der Waals surface area contributed by atoms with Gasteiger partial charge in [0.05, 0.1) is 0 Å². The van der Waals surface area contributed by atoms with Gasteiger partial charge >= 0.3 is 5.97 Å². The van der Waals surface area contributed by atoms with E-state index >= 15 is 0 Å². The highest BCUT2D eigenvalue weighted by Crippen LogP contribution is 2.61. The van der Waals surface area contributed by atoms with Crippen molar-refractivity contribution >= 4 is 5.97 Å². The third-order valence-electron chi connectivity index (χ3n) is 4.96. The minimum Gasteiger partial charge on any atom is -0.480 e. The molecule has 0 aromatic carbocycles.